The maximum absolute atomic E-state index is 11.6. The molecule has 0 atom stereocenters. The molecule has 0 aliphatic heterocycles. The zero-order valence-corrected chi connectivity index (χ0v) is 12.8. The molecule has 3 rings (SSSR count). The fraction of sp³-hybridized carbons (Fsp3) is 0.0556. The highest BCUT2D eigenvalue weighted by Crippen LogP contribution is 2.09. The van der Waals surface area contributed by atoms with Crippen molar-refractivity contribution in [2.45, 2.75) is 0 Å². The van der Waals surface area contributed by atoms with Gasteiger partial charge < -0.3 is 14.8 Å². The Morgan fingerprint density at radius 2 is 2.00 bits per heavy atom. The number of aromatic nitrogens is 2. The van der Waals surface area contributed by atoms with E-state index in [0.717, 1.165) is 0 Å². The highest BCUT2D eigenvalue weighted by molar-refractivity contribution is 6.15. The summed E-state index contributed by atoms with van der Waals surface area (Å²) in [7, 11) is 1.20. The van der Waals surface area contributed by atoms with Gasteiger partial charge in [-0.25, -0.2) is 9.78 Å². The van der Waals surface area contributed by atoms with Crippen LogP contribution < -0.4 is 10.7 Å². The molecule has 24 heavy (non-hydrogen) atoms. The number of nitriles is 1. The number of nitrogens with one attached hydrogen (secondary N) is 1. The predicted octanol–water partition coefficient (Wildman–Crippen LogP) is 1.12. The van der Waals surface area contributed by atoms with Gasteiger partial charge in [0, 0.05) is 10.8 Å². The molecule has 6 nitrogen and oxygen atoms in total. The van der Waals surface area contributed by atoms with Crippen molar-refractivity contribution < 1.29 is 14.6 Å². The first kappa shape index (κ1) is 15.3. The van der Waals surface area contributed by atoms with Crippen molar-refractivity contribution in [3.63, 3.8) is 0 Å². The van der Waals surface area contributed by atoms with Gasteiger partial charge in [0.1, 0.15) is 11.8 Å². The lowest BCUT2D eigenvalue weighted by Gasteiger charge is -1.99. The number of methoxy groups -OCH3 is 1. The van der Waals surface area contributed by atoms with E-state index in [1.165, 1.54) is 7.11 Å². The topological polar surface area (TPSA) is 99.0 Å². The summed E-state index contributed by atoms with van der Waals surface area (Å²) < 4.78 is 4.57. The molecule has 0 radical (unpaired) electrons. The second-order valence-corrected chi connectivity index (χ2v) is 5.01. The van der Waals surface area contributed by atoms with Crippen LogP contribution in [0.5, 0.6) is 0 Å². The number of aromatic amines is 1. The maximum Gasteiger partial charge on any atom is 0.352 e. The zero-order chi connectivity index (χ0) is 17.1. The van der Waals surface area contributed by atoms with E-state index in [9.17, 15) is 9.90 Å². The number of aliphatic hydroxyl groups is 1. The lowest BCUT2D eigenvalue weighted by atomic mass is 10.1. The molecule has 0 saturated carbocycles. The van der Waals surface area contributed by atoms with Gasteiger partial charge in [-0.15, -0.1) is 0 Å². The largest absolute Gasteiger partial charge is 0.507 e. The van der Waals surface area contributed by atoms with Gasteiger partial charge >= 0.3 is 5.97 Å². The predicted molar refractivity (Wildman–Crippen MR) is 88.0 cm³/mol. The number of carbonyl (C=O) groups excluding carboxylic acids is 1. The molecule has 0 unspecified atom stereocenters. The number of rotatable bonds is 2. The Morgan fingerprint density at radius 3 is 2.67 bits per heavy atom. The van der Waals surface area contributed by atoms with E-state index in [4.69, 9.17) is 5.26 Å². The van der Waals surface area contributed by atoms with Gasteiger partial charge in [0.05, 0.1) is 18.1 Å². The fourth-order valence-electron chi connectivity index (χ4n) is 2.34. The van der Waals surface area contributed by atoms with Gasteiger partial charge in [0.2, 0.25) is 0 Å². The molecule has 0 fully saturated rings. The summed E-state index contributed by atoms with van der Waals surface area (Å²) in [6.45, 7) is 0. The summed E-state index contributed by atoms with van der Waals surface area (Å²) in [6, 6.07) is 16.1. The van der Waals surface area contributed by atoms with Crippen LogP contribution in [0.25, 0.3) is 22.4 Å². The summed E-state index contributed by atoms with van der Waals surface area (Å²) >= 11 is 0. The molecule has 2 N–H and O–H groups in total. The standard InChI is InChI=1S/C18H13N3O3/c1-24-18(23)13(10-19)17-20-14-8-7-12(9-15(14)21-17)16(22)11-5-3-2-4-6-11/h2-9,21-22H,1H3/b16-12+,17-13-. The van der Waals surface area contributed by atoms with Gasteiger partial charge in [-0.2, -0.15) is 5.26 Å². The van der Waals surface area contributed by atoms with E-state index in [0.29, 0.717) is 21.8 Å². The van der Waals surface area contributed by atoms with E-state index in [1.54, 1.807) is 36.4 Å². The van der Waals surface area contributed by atoms with Gasteiger partial charge in [-0.3, -0.25) is 0 Å². The van der Waals surface area contributed by atoms with Crippen LogP contribution >= 0.6 is 0 Å². The third-order valence-electron chi connectivity index (χ3n) is 3.54. The van der Waals surface area contributed by atoms with Crippen LogP contribution in [0.4, 0.5) is 0 Å². The molecular formula is C18H13N3O3. The molecule has 1 aromatic heterocycles. The normalized spacial score (nSPS) is 13.2. The minimum atomic E-state index is -0.754. The van der Waals surface area contributed by atoms with E-state index in [2.05, 4.69) is 14.7 Å². The number of fused-ring (bicyclic) bond motifs is 1. The first-order valence-corrected chi connectivity index (χ1v) is 7.11. The zero-order valence-electron chi connectivity index (χ0n) is 12.8. The molecule has 2 aromatic carbocycles. The average Bonchev–Trinajstić information content (AvgIpc) is 3.04. The summed E-state index contributed by atoms with van der Waals surface area (Å²) in [5.41, 5.74) is 1.80. The van der Waals surface area contributed by atoms with Crippen molar-refractivity contribution in [1.29, 1.82) is 5.26 Å². The van der Waals surface area contributed by atoms with Gasteiger partial charge in [-0.1, -0.05) is 30.3 Å². The monoisotopic (exact) mass is 319 g/mol. The number of benzene rings is 2. The van der Waals surface area contributed by atoms with Gasteiger partial charge in [0.15, 0.2) is 11.1 Å². The summed E-state index contributed by atoms with van der Waals surface area (Å²) in [5.74, 6) is -0.624. The van der Waals surface area contributed by atoms with Crippen LogP contribution in [0.1, 0.15) is 5.56 Å². The van der Waals surface area contributed by atoms with Crippen LogP contribution in [-0.2, 0) is 9.53 Å². The minimum Gasteiger partial charge on any atom is -0.507 e. The number of nitrogens with zero attached hydrogens (tertiary/aromatic N) is 2. The molecule has 0 saturated heterocycles. The fourth-order valence-corrected chi connectivity index (χ4v) is 2.34. The lowest BCUT2D eigenvalue weighted by Crippen LogP contribution is -2.17. The molecule has 0 aliphatic carbocycles. The number of esters is 1. The van der Waals surface area contributed by atoms with Gasteiger partial charge in [0.25, 0.3) is 0 Å². The number of aliphatic hydroxyl groups excluding tert-OH is 1. The van der Waals surface area contributed by atoms with E-state index < -0.39 is 5.97 Å². The first-order valence-electron chi connectivity index (χ1n) is 7.11. The second kappa shape index (κ2) is 6.26. The Bertz CT molecular complexity index is 1080. The van der Waals surface area contributed by atoms with E-state index in [1.807, 2.05) is 18.2 Å². The van der Waals surface area contributed by atoms with Crippen molar-refractivity contribution in [3.8, 4) is 6.07 Å². The number of hydrogen-bond acceptors (Lipinski definition) is 5. The number of imidazole rings is 1. The number of ether oxygens (including phenoxy) is 1. The summed E-state index contributed by atoms with van der Waals surface area (Å²) in [4.78, 5) is 18.7. The van der Waals surface area contributed by atoms with Crippen molar-refractivity contribution in [3.05, 3.63) is 64.8 Å². The molecule has 6 heteroatoms. The number of H-pyrrole nitrogens is 1. The molecule has 0 spiro atoms. The Labute approximate surface area is 137 Å². The van der Waals surface area contributed by atoms with E-state index in [-0.39, 0.29) is 16.8 Å². The van der Waals surface area contributed by atoms with Crippen molar-refractivity contribution >= 4 is 28.3 Å². The first-order chi connectivity index (χ1) is 11.6. The quantitative estimate of drug-likeness (QED) is 0.690. The Balaban J connectivity index is 2.23. The molecule has 0 aliphatic rings. The van der Waals surface area contributed by atoms with Crippen LogP contribution in [0.2, 0.25) is 0 Å². The third-order valence-corrected chi connectivity index (χ3v) is 3.54. The minimum absolute atomic E-state index is 0.131. The molecule has 118 valence electrons. The molecule has 0 bridgehead atoms. The van der Waals surface area contributed by atoms with Crippen molar-refractivity contribution in [1.82, 2.24) is 9.97 Å². The van der Waals surface area contributed by atoms with Crippen molar-refractivity contribution in [2.75, 3.05) is 7.11 Å². The summed E-state index contributed by atoms with van der Waals surface area (Å²) in [6.07, 6.45) is 0. The smallest absolute Gasteiger partial charge is 0.352 e. The highest BCUT2D eigenvalue weighted by atomic mass is 16.5. The molecule has 3 aromatic rings. The lowest BCUT2D eigenvalue weighted by molar-refractivity contribution is -0.133. The van der Waals surface area contributed by atoms with Crippen LogP contribution in [0, 0.1) is 11.3 Å². The SMILES string of the molecule is COC(=O)/C(C#N)=c1/nc2cc/c(=C(\O)c3ccccc3)cc2[nH]1. The summed E-state index contributed by atoms with van der Waals surface area (Å²) in [5, 5.41) is 20.1. The van der Waals surface area contributed by atoms with Crippen LogP contribution in [0.15, 0.2) is 48.5 Å². The van der Waals surface area contributed by atoms with Crippen LogP contribution in [-0.4, -0.2) is 28.2 Å². The Kier molecular flexibility index (Phi) is 4.00. The molecular weight excluding hydrogens is 306 g/mol. The van der Waals surface area contributed by atoms with Crippen LogP contribution in [0.3, 0.4) is 0 Å². The van der Waals surface area contributed by atoms with E-state index >= 15 is 0 Å². The maximum atomic E-state index is 11.6. The number of carbonyl (C=O) groups is 1. The Hall–Kier alpha value is -3.59. The highest BCUT2D eigenvalue weighted by Gasteiger charge is 2.12. The molecule has 0 amide bonds. The van der Waals surface area contributed by atoms with Crippen molar-refractivity contribution in [2.24, 2.45) is 0 Å². The third kappa shape index (κ3) is 2.71. The Morgan fingerprint density at radius 1 is 1.25 bits per heavy atom. The average molecular weight is 319 g/mol. The molecule has 1 heterocycles. The second-order valence-electron chi connectivity index (χ2n) is 5.01. The van der Waals surface area contributed by atoms with Gasteiger partial charge in [-0.05, 0) is 18.2 Å². The number of hydrogen-bond donors (Lipinski definition) is 2.